The number of sulfone groups is 1. The Morgan fingerprint density at radius 2 is 1.48 bits per heavy atom. The minimum Gasteiger partial charge on any atom is -0.481 e. The maximum Gasteiger partial charge on any atom is 0.307 e. The quantitative estimate of drug-likeness (QED) is 0.889. The zero-order valence-electron chi connectivity index (χ0n) is 11.4. The van der Waals surface area contributed by atoms with Gasteiger partial charge in [-0.2, -0.15) is 0 Å². The Bertz CT molecular complexity index is 704. The van der Waals surface area contributed by atoms with Crippen LogP contribution >= 0.6 is 0 Å². The van der Waals surface area contributed by atoms with Gasteiger partial charge in [0.15, 0.2) is 9.84 Å². The molecule has 0 amide bonds. The van der Waals surface area contributed by atoms with Crippen molar-refractivity contribution in [1.29, 1.82) is 0 Å². The van der Waals surface area contributed by atoms with Crippen LogP contribution in [0.3, 0.4) is 0 Å². The Labute approximate surface area is 124 Å². The number of carboxylic acid groups (broad SMARTS) is 1. The summed E-state index contributed by atoms with van der Waals surface area (Å²) in [6.07, 6.45) is 0.382. The molecule has 2 rings (SSSR count). The normalized spacial score (nSPS) is 11.2. The van der Waals surface area contributed by atoms with Gasteiger partial charge in [0.25, 0.3) is 0 Å². The molecule has 2 aromatic carbocycles. The lowest BCUT2D eigenvalue weighted by Gasteiger charge is -2.05. The van der Waals surface area contributed by atoms with Gasteiger partial charge in [0.1, 0.15) is 0 Å². The van der Waals surface area contributed by atoms with Crippen LogP contribution in [0, 0.1) is 0 Å². The molecule has 0 aliphatic carbocycles. The summed E-state index contributed by atoms with van der Waals surface area (Å²) in [7, 11) is -3.28. The second-order valence-corrected chi connectivity index (χ2v) is 6.88. The lowest BCUT2D eigenvalue weighted by atomic mass is 10.1. The molecule has 0 fully saturated rings. The largest absolute Gasteiger partial charge is 0.481 e. The van der Waals surface area contributed by atoms with Crippen molar-refractivity contribution < 1.29 is 18.3 Å². The van der Waals surface area contributed by atoms with Gasteiger partial charge in [0, 0.05) is 0 Å². The van der Waals surface area contributed by atoms with Crippen LogP contribution in [0.15, 0.2) is 59.5 Å². The smallest absolute Gasteiger partial charge is 0.307 e. The van der Waals surface area contributed by atoms with Crippen LogP contribution < -0.4 is 0 Å². The summed E-state index contributed by atoms with van der Waals surface area (Å²) >= 11 is 0. The fraction of sp³-hybridized carbons (Fsp3) is 0.188. The number of carboxylic acids is 1. The molecule has 0 unspecified atom stereocenters. The number of hydrogen-bond donors (Lipinski definition) is 1. The third-order valence-corrected chi connectivity index (χ3v) is 4.87. The molecule has 0 heterocycles. The van der Waals surface area contributed by atoms with E-state index in [-0.39, 0.29) is 12.2 Å². The average molecular weight is 304 g/mol. The minimum absolute atomic E-state index is 0.0252. The van der Waals surface area contributed by atoms with E-state index >= 15 is 0 Å². The highest BCUT2D eigenvalue weighted by Gasteiger charge is 2.13. The van der Waals surface area contributed by atoms with Gasteiger partial charge < -0.3 is 5.11 Å². The van der Waals surface area contributed by atoms with E-state index in [9.17, 15) is 13.2 Å². The van der Waals surface area contributed by atoms with Crippen molar-refractivity contribution in [1.82, 2.24) is 0 Å². The van der Waals surface area contributed by atoms with Gasteiger partial charge in [0.05, 0.1) is 17.1 Å². The van der Waals surface area contributed by atoms with Crippen LogP contribution in [-0.4, -0.2) is 25.2 Å². The van der Waals surface area contributed by atoms with Crippen LogP contribution in [0.4, 0.5) is 0 Å². The summed E-state index contributed by atoms with van der Waals surface area (Å²) in [5.41, 5.74) is 1.58. The Morgan fingerprint density at radius 3 is 2.05 bits per heavy atom. The number of aryl methyl sites for hydroxylation is 1. The molecule has 0 atom stereocenters. The van der Waals surface area contributed by atoms with Gasteiger partial charge in [-0.1, -0.05) is 42.5 Å². The lowest BCUT2D eigenvalue weighted by molar-refractivity contribution is -0.136. The van der Waals surface area contributed by atoms with Crippen molar-refractivity contribution in [2.24, 2.45) is 0 Å². The van der Waals surface area contributed by atoms with E-state index in [4.69, 9.17) is 5.11 Å². The number of hydrogen-bond acceptors (Lipinski definition) is 3. The number of carbonyl (C=O) groups is 1. The van der Waals surface area contributed by atoms with Crippen molar-refractivity contribution >= 4 is 15.8 Å². The summed E-state index contributed by atoms with van der Waals surface area (Å²) in [6, 6.07) is 15.4. The highest BCUT2D eigenvalue weighted by atomic mass is 32.2. The Hall–Kier alpha value is -2.14. The molecule has 4 nitrogen and oxygen atoms in total. The molecular formula is C16H16O4S. The summed E-state index contributed by atoms with van der Waals surface area (Å²) in [5.74, 6) is -0.843. The molecule has 0 spiro atoms. The lowest BCUT2D eigenvalue weighted by Crippen LogP contribution is -2.09. The van der Waals surface area contributed by atoms with Gasteiger partial charge >= 0.3 is 5.97 Å². The number of aliphatic carboxylic acids is 1. The third-order valence-electron chi connectivity index (χ3n) is 3.14. The highest BCUT2D eigenvalue weighted by molar-refractivity contribution is 7.91. The predicted octanol–water partition coefficient (Wildman–Crippen LogP) is 2.33. The van der Waals surface area contributed by atoms with Crippen molar-refractivity contribution in [2.75, 3.05) is 5.75 Å². The molecule has 5 heteroatoms. The van der Waals surface area contributed by atoms with Crippen molar-refractivity contribution in [3.05, 3.63) is 65.7 Å². The average Bonchev–Trinajstić information content (AvgIpc) is 2.47. The first-order valence-electron chi connectivity index (χ1n) is 6.55. The SMILES string of the molecule is O=C(O)Cc1ccc(CCS(=O)(=O)c2ccccc2)cc1. The zero-order valence-corrected chi connectivity index (χ0v) is 12.2. The van der Waals surface area contributed by atoms with Crippen molar-refractivity contribution in [2.45, 2.75) is 17.7 Å². The van der Waals surface area contributed by atoms with Gasteiger partial charge in [0.2, 0.25) is 0 Å². The molecule has 110 valence electrons. The number of benzene rings is 2. The maximum absolute atomic E-state index is 12.1. The molecule has 0 aliphatic heterocycles. The van der Waals surface area contributed by atoms with Crippen LogP contribution in [-0.2, 0) is 27.5 Å². The molecule has 0 bridgehead atoms. The standard InChI is InChI=1S/C16H16O4S/c17-16(18)12-14-8-6-13(7-9-14)10-11-21(19,20)15-4-2-1-3-5-15/h1-9H,10-12H2,(H,17,18). The molecule has 0 aromatic heterocycles. The van der Waals surface area contributed by atoms with E-state index in [1.54, 1.807) is 54.6 Å². The molecule has 0 radical (unpaired) electrons. The first-order valence-corrected chi connectivity index (χ1v) is 8.20. The summed E-state index contributed by atoms with van der Waals surface area (Å²) < 4.78 is 24.3. The summed E-state index contributed by atoms with van der Waals surface area (Å²) in [5, 5.41) is 8.69. The minimum atomic E-state index is -3.28. The highest BCUT2D eigenvalue weighted by Crippen LogP contribution is 2.13. The molecule has 21 heavy (non-hydrogen) atoms. The molecule has 0 saturated heterocycles. The summed E-state index contributed by atoms with van der Waals surface area (Å²) in [6.45, 7) is 0. The van der Waals surface area contributed by atoms with Crippen molar-refractivity contribution in [3.63, 3.8) is 0 Å². The van der Waals surface area contributed by atoms with Gasteiger partial charge in [-0.15, -0.1) is 0 Å². The van der Waals surface area contributed by atoms with Crippen molar-refractivity contribution in [3.8, 4) is 0 Å². The number of rotatable bonds is 6. The second-order valence-electron chi connectivity index (χ2n) is 4.77. The Balaban J connectivity index is 2.01. The molecule has 1 N–H and O–H groups in total. The van der Waals surface area contributed by atoms with Crippen LogP contribution in [0.2, 0.25) is 0 Å². The van der Waals surface area contributed by atoms with Crippen LogP contribution in [0.5, 0.6) is 0 Å². The van der Waals surface area contributed by atoms with Crippen LogP contribution in [0.1, 0.15) is 11.1 Å². The van der Waals surface area contributed by atoms with E-state index in [0.29, 0.717) is 16.9 Å². The first-order chi connectivity index (χ1) is 9.97. The fourth-order valence-electron chi connectivity index (χ4n) is 2.00. The summed E-state index contributed by atoms with van der Waals surface area (Å²) in [4.78, 5) is 10.9. The Morgan fingerprint density at radius 1 is 0.905 bits per heavy atom. The molecular weight excluding hydrogens is 288 g/mol. The van der Waals surface area contributed by atoms with E-state index in [2.05, 4.69) is 0 Å². The van der Waals surface area contributed by atoms with E-state index in [1.807, 2.05) is 0 Å². The first kappa shape index (κ1) is 15.3. The maximum atomic E-state index is 12.1. The second kappa shape index (κ2) is 6.54. The van der Waals surface area contributed by atoms with E-state index in [0.717, 1.165) is 5.56 Å². The molecule has 0 aliphatic rings. The van der Waals surface area contributed by atoms with Gasteiger partial charge in [-0.3, -0.25) is 4.79 Å². The van der Waals surface area contributed by atoms with Crippen LogP contribution in [0.25, 0.3) is 0 Å². The molecule has 2 aromatic rings. The van der Waals surface area contributed by atoms with E-state index < -0.39 is 15.8 Å². The predicted molar refractivity (Wildman–Crippen MR) is 80.0 cm³/mol. The van der Waals surface area contributed by atoms with E-state index in [1.165, 1.54) is 0 Å². The zero-order chi connectivity index (χ0) is 15.3. The third kappa shape index (κ3) is 4.43. The van der Waals surface area contributed by atoms with Gasteiger partial charge in [-0.25, -0.2) is 8.42 Å². The Kier molecular flexibility index (Phi) is 4.75. The van der Waals surface area contributed by atoms with Gasteiger partial charge in [-0.05, 0) is 29.7 Å². The fourth-order valence-corrected chi connectivity index (χ4v) is 3.31. The monoisotopic (exact) mass is 304 g/mol. The topological polar surface area (TPSA) is 71.4 Å². The molecule has 0 saturated carbocycles.